The van der Waals surface area contributed by atoms with Crippen molar-refractivity contribution in [2.45, 2.75) is 6.18 Å². The lowest BCUT2D eigenvalue weighted by molar-refractivity contribution is -0.137. The van der Waals surface area contributed by atoms with Crippen LogP contribution in [0.3, 0.4) is 0 Å². The van der Waals surface area contributed by atoms with Crippen molar-refractivity contribution in [1.82, 2.24) is 9.97 Å². The number of rotatable bonds is 3. The lowest BCUT2D eigenvalue weighted by Crippen LogP contribution is -2.12. The van der Waals surface area contributed by atoms with Crippen LogP contribution in [0.25, 0.3) is 0 Å². The average molecular weight is 333 g/mol. The van der Waals surface area contributed by atoms with Crippen LogP contribution in [0.1, 0.15) is 11.3 Å². The summed E-state index contributed by atoms with van der Waals surface area (Å²) in [6, 6.07) is 2.95. The maximum absolute atomic E-state index is 12.7. The predicted octanol–water partition coefficient (Wildman–Crippen LogP) is 3.53. The van der Waals surface area contributed by atoms with Crippen molar-refractivity contribution < 1.29 is 13.2 Å². The van der Waals surface area contributed by atoms with Crippen LogP contribution < -0.4 is 11.1 Å². The van der Waals surface area contributed by atoms with Gasteiger partial charge in [0, 0.05) is 0 Å². The van der Waals surface area contributed by atoms with Gasteiger partial charge in [0.1, 0.15) is 16.5 Å². The first-order valence-corrected chi connectivity index (χ1v) is 6.31. The summed E-state index contributed by atoms with van der Waals surface area (Å²) in [5.74, 6) is 0.219. The molecule has 0 spiro atoms. The Morgan fingerprint density at radius 1 is 1.24 bits per heavy atom. The zero-order valence-corrected chi connectivity index (χ0v) is 11.9. The summed E-state index contributed by atoms with van der Waals surface area (Å²) in [6.45, 7) is 0. The topological polar surface area (TPSA) is 63.8 Å². The molecule has 0 saturated heterocycles. The third-order valence-corrected chi connectivity index (χ3v) is 3.00. The van der Waals surface area contributed by atoms with Crippen molar-refractivity contribution in [2.24, 2.45) is 5.73 Å². The molecule has 0 aliphatic heterocycles. The van der Waals surface area contributed by atoms with Crippen molar-refractivity contribution in [3.05, 3.63) is 46.9 Å². The Kier molecular flexibility index (Phi) is 4.29. The van der Waals surface area contributed by atoms with E-state index in [1.165, 1.54) is 12.4 Å². The van der Waals surface area contributed by atoms with Crippen LogP contribution in [0, 0.1) is 0 Å². The molecule has 0 radical (unpaired) electrons. The van der Waals surface area contributed by atoms with Crippen LogP contribution in [0.15, 0.2) is 30.6 Å². The van der Waals surface area contributed by atoms with Gasteiger partial charge in [0.2, 0.25) is 0 Å². The van der Waals surface area contributed by atoms with Crippen molar-refractivity contribution in [1.29, 1.82) is 0 Å². The SMILES string of the molecule is NC(=S)c1cnc(Nc2cc(C(F)(F)F)ccc2Cl)cn1. The maximum atomic E-state index is 12.7. The number of nitrogens with one attached hydrogen (secondary N) is 1. The lowest BCUT2D eigenvalue weighted by Gasteiger charge is -2.11. The van der Waals surface area contributed by atoms with Gasteiger partial charge in [-0.15, -0.1) is 0 Å². The maximum Gasteiger partial charge on any atom is 0.416 e. The molecule has 110 valence electrons. The van der Waals surface area contributed by atoms with E-state index in [4.69, 9.17) is 29.6 Å². The highest BCUT2D eigenvalue weighted by Crippen LogP contribution is 2.34. The van der Waals surface area contributed by atoms with E-state index in [0.717, 1.165) is 18.2 Å². The fourth-order valence-corrected chi connectivity index (χ4v) is 1.73. The van der Waals surface area contributed by atoms with E-state index in [1.807, 2.05) is 0 Å². The molecule has 4 nitrogen and oxygen atoms in total. The van der Waals surface area contributed by atoms with Gasteiger partial charge >= 0.3 is 6.18 Å². The van der Waals surface area contributed by atoms with Gasteiger partial charge in [-0.2, -0.15) is 13.2 Å². The zero-order valence-electron chi connectivity index (χ0n) is 10.3. The van der Waals surface area contributed by atoms with Crippen LogP contribution in [-0.2, 0) is 6.18 Å². The van der Waals surface area contributed by atoms with Gasteiger partial charge in [0.05, 0.1) is 28.7 Å². The Labute approximate surface area is 128 Å². The summed E-state index contributed by atoms with van der Waals surface area (Å²) in [5.41, 5.74) is 4.94. The molecule has 0 unspecified atom stereocenters. The number of hydrogen-bond acceptors (Lipinski definition) is 4. The van der Waals surface area contributed by atoms with Crippen LogP contribution in [0.2, 0.25) is 5.02 Å². The number of nitrogens with two attached hydrogens (primary N) is 1. The molecular weight excluding hydrogens is 325 g/mol. The molecule has 9 heteroatoms. The minimum absolute atomic E-state index is 0.0730. The van der Waals surface area contributed by atoms with E-state index in [1.54, 1.807) is 0 Å². The second-order valence-electron chi connectivity index (χ2n) is 3.97. The van der Waals surface area contributed by atoms with E-state index in [0.29, 0.717) is 5.69 Å². The Balaban J connectivity index is 2.28. The van der Waals surface area contributed by atoms with E-state index in [2.05, 4.69) is 15.3 Å². The van der Waals surface area contributed by atoms with E-state index in [-0.39, 0.29) is 21.5 Å². The number of benzene rings is 1. The standard InChI is InChI=1S/C12H8ClF3N4S/c13-7-2-1-6(12(14,15)16)3-8(7)20-10-5-18-9(4-19-10)11(17)21/h1-5H,(H2,17,21)(H,19,20). The highest BCUT2D eigenvalue weighted by atomic mass is 35.5. The fourth-order valence-electron chi connectivity index (χ4n) is 1.46. The molecule has 1 aromatic carbocycles. The average Bonchev–Trinajstić information content (AvgIpc) is 2.40. The first kappa shape index (κ1) is 15.5. The summed E-state index contributed by atoms with van der Waals surface area (Å²) in [7, 11) is 0. The molecule has 2 aromatic rings. The third kappa shape index (κ3) is 3.79. The van der Waals surface area contributed by atoms with Gasteiger partial charge in [-0.25, -0.2) is 9.97 Å². The highest BCUT2D eigenvalue weighted by Gasteiger charge is 2.31. The van der Waals surface area contributed by atoms with Crippen LogP contribution >= 0.6 is 23.8 Å². The summed E-state index contributed by atoms with van der Waals surface area (Å²) in [4.78, 5) is 7.94. The summed E-state index contributed by atoms with van der Waals surface area (Å²) in [6.07, 6.45) is -1.85. The molecule has 0 aliphatic carbocycles. The molecule has 0 bridgehead atoms. The molecule has 2 rings (SSSR count). The molecule has 21 heavy (non-hydrogen) atoms. The number of thiocarbonyl (C=S) groups is 1. The first-order valence-electron chi connectivity index (χ1n) is 5.53. The zero-order chi connectivity index (χ0) is 15.6. The first-order chi connectivity index (χ1) is 9.77. The second kappa shape index (κ2) is 5.82. The summed E-state index contributed by atoms with van der Waals surface area (Å²) >= 11 is 10.6. The fraction of sp³-hybridized carbons (Fsp3) is 0.0833. The van der Waals surface area contributed by atoms with Crippen LogP contribution in [0.5, 0.6) is 0 Å². The summed E-state index contributed by atoms with van der Waals surface area (Å²) in [5, 5.41) is 2.79. The molecule has 0 saturated carbocycles. The van der Waals surface area contributed by atoms with Gasteiger partial charge in [-0.1, -0.05) is 23.8 Å². The van der Waals surface area contributed by atoms with Gasteiger partial charge in [0.15, 0.2) is 0 Å². The molecule has 1 aromatic heterocycles. The largest absolute Gasteiger partial charge is 0.416 e. The summed E-state index contributed by atoms with van der Waals surface area (Å²) < 4.78 is 38.0. The van der Waals surface area contributed by atoms with Crippen LogP contribution in [-0.4, -0.2) is 15.0 Å². The minimum atomic E-state index is -4.46. The quantitative estimate of drug-likeness (QED) is 0.842. The van der Waals surface area contributed by atoms with Crippen LogP contribution in [0.4, 0.5) is 24.7 Å². The van der Waals surface area contributed by atoms with E-state index in [9.17, 15) is 13.2 Å². The molecule has 0 aliphatic rings. The molecule has 3 N–H and O–H groups in total. The number of anilines is 2. The molecule has 0 amide bonds. The Morgan fingerprint density at radius 3 is 2.48 bits per heavy atom. The smallest absolute Gasteiger partial charge is 0.388 e. The number of hydrogen-bond donors (Lipinski definition) is 2. The molecule has 1 heterocycles. The molecule has 0 fully saturated rings. The van der Waals surface area contributed by atoms with E-state index < -0.39 is 11.7 Å². The van der Waals surface area contributed by atoms with Gasteiger partial charge in [0.25, 0.3) is 0 Å². The van der Waals surface area contributed by atoms with Crippen molar-refractivity contribution in [2.75, 3.05) is 5.32 Å². The lowest BCUT2D eigenvalue weighted by atomic mass is 10.2. The molecular formula is C12H8ClF3N4S. The number of aromatic nitrogens is 2. The number of nitrogens with zero attached hydrogens (tertiary/aromatic N) is 2. The molecule has 0 atom stereocenters. The van der Waals surface area contributed by atoms with Gasteiger partial charge in [-0.3, -0.25) is 0 Å². The van der Waals surface area contributed by atoms with E-state index >= 15 is 0 Å². The Bertz CT molecular complexity index is 673. The third-order valence-electron chi connectivity index (χ3n) is 2.46. The Hall–Kier alpha value is -1.93. The van der Waals surface area contributed by atoms with Gasteiger partial charge < -0.3 is 11.1 Å². The van der Waals surface area contributed by atoms with Crippen molar-refractivity contribution in [3.63, 3.8) is 0 Å². The Morgan fingerprint density at radius 2 is 1.95 bits per heavy atom. The van der Waals surface area contributed by atoms with Crippen molar-refractivity contribution in [3.8, 4) is 0 Å². The normalized spacial score (nSPS) is 11.2. The number of alkyl halides is 3. The highest BCUT2D eigenvalue weighted by molar-refractivity contribution is 7.80. The van der Waals surface area contributed by atoms with Crippen molar-refractivity contribution >= 4 is 40.3 Å². The number of halogens is 4. The second-order valence-corrected chi connectivity index (χ2v) is 4.82. The predicted molar refractivity (Wildman–Crippen MR) is 77.7 cm³/mol. The minimum Gasteiger partial charge on any atom is -0.388 e. The monoisotopic (exact) mass is 332 g/mol. The van der Waals surface area contributed by atoms with Gasteiger partial charge in [-0.05, 0) is 18.2 Å².